The van der Waals surface area contributed by atoms with Crippen LogP contribution < -0.4 is 5.32 Å². The lowest BCUT2D eigenvalue weighted by Crippen LogP contribution is -2.24. The highest BCUT2D eigenvalue weighted by atomic mass is 16.6. The zero-order valence-electron chi connectivity index (χ0n) is 12.5. The monoisotopic (exact) mass is 291 g/mol. The Bertz CT molecular complexity index is 264. The normalized spacial score (nSPS) is 11.2. The lowest BCUT2D eigenvalue weighted by Gasteiger charge is -2.19. The van der Waals surface area contributed by atoms with Gasteiger partial charge in [0.05, 0.1) is 39.5 Å². The quantitative estimate of drug-likeness (QED) is 0.244. The van der Waals surface area contributed by atoms with E-state index >= 15 is 0 Å². The fraction of sp³-hybridized carbons (Fsp3) is 0.846. The van der Waals surface area contributed by atoms with Crippen LogP contribution in [0, 0.1) is 0 Å². The molecule has 0 aliphatic heterocycles. The molecule has 0 aromatic rings. The Labute approximate surface area is 119 Å². The predicted octanol–water partition coefficient (Wildman–Crippen LogP) is 0.472. The van der Waals surface area contributed by atoms with Gasteiger partial charge in [-0.1, -0.05) is 0 Å². The number of amides is 1. The maximum absolute atomic E-state index is 11.3. The molecule has 0 unspecified atom stereocenters. The minimum Gasteiger partial charge on any atom is -0.460 e. The second-order valence-corrected chi connectivity index (χ2v) is 4.94. The van der Waals surface area contributed by atoms with E-state index in [4.69, 9.17) is 18.9 Å². The molecule has 20 heavy (non-hydrogen) atoms. The van der Waals surface area contributed by atoms with E-state index in [9.17, 15) is 9.59 Å². The van der Waals surface area contributed by atoms with Gasteiger partial charge in [-0.25, -0.2) is 0 Å². The zero-order chi connectivity index (χ0) is 15.3. The molecule has 7 heteroatoms. The lowest BCUT2D eigenvalue weighted by atomic mass is 10.2. The fourth-order valence-electron chi connectivity index (χ4n) is 1.15. The van der Waals surface area contributed by atoms with Gasteiger partial charge >= 0.3 is 5.97 Å². The summed E-state index contributed by atoms with van der Waals surface area (Å²) < 4.78 is 20.6. The van der Waals surface area contributed by atoms with Crippen LogP contribution >= 0.6 is 0 Å². The largest absolute Gasteiger partial charge is 0.460 e. The minimum absolute atomic E-state index is 0.180. The highest BCUT2D eigenvalue weighted by Crippen LogP contribution is 2.07. The molecule has 1 amide bonds. The molecule has 0 radical (unpaired) electrons. The molecular weight excluding hydrogens is 266 g/mol. The molecule has 0 spiro atoms. The number of hydrogen-bond donors (Lipinski definition) is 1. The van der Waals surface area contributed by atoms with Gasteiger partial charge in [0.2, 0.25) is 6.41 Å². The van der Waals surface area contributed by atoms with Crippen molar-refractivity contribution in [3.05, 3.63) is 0 Å². The Morgan fingerprint density at radius 3 is 2.10 bits per heavy atom. The van der Waals surface area contributed by atoms with Crippen molar-refractivity contribution in [2.24, 2.45) is 0 Å². The summed E-state index contributed by atoms with van der Waals surface area (Å²) in [5.74, 6) is -0.269. The van der Waals surface area contributed by atoms with Gasteiger partial charge < -0.3 is 24.3 Å². The molecule has 0 fully saturated rings. The summed E-state index contributed by atoms with van der Waals surface area (Å²) in [6.45, 7) is 7.64. The van der Waals surface area contributed by atoms with E-state index in [2.05, 4.69) is 5.32 Å². The average molecular weight is 291 g/mol. The van der Waals surface area contributed by atoms with Crippen LogP contribution in [0.2, 0.25) is 0 Å². The van der Waals surface area contributed by atoms with Crippen molar-refractivity contribution < 1.29 is 28.5 Å². The Morgan fingerprint density at radius 1 is 1.00 bits per heavy atom. The van der Waals surface area contributed by atoms with E-state index in [-0.39, 0.29) is 19.1 Å². The summed E-state index contributed by atoms with van der Waals surface area (Å²) in [6.07, 6.45) is 0.803. The van der Waals surface area contributed by atoms with Crippen LogP contribution in [0.1, 0.15) is 27.2 Å². The number of hydrogen-bond acceptors (Lipinski definition) is 6. The van der Waals surface area contributed by atoms with E-state index in [0.717, 1.165) is 0 Å². The van der Waals surface area contributed by atoms with Crippen LogP contribution in [0.15, 0.2) is 0 Å². The number of rotatable bonds is 12. The summed E-state index contributed by atoms with van der Waals surface area (Å²) in [5.41, 5.74) is -0.459. The third kappa shape index (κ3) is 14.9. The van der Waals surface area contributed by atoms with Crippen molar-refractivity contribution >= 4 is 12.4 Å². The molecule has 118 valence electrons. The van der Waals surface area contributed by atoms with Crippen molar-refractivity contribution in [1.29, 1.82) is 0 Å². The average Bonchev–Trinajstić information content (AvgIpc) is 2.34. The van der Waals surface area contributed by atoms with E-state index in [1.54, 1.807) is 0 Å². The first-order valence-corrected chi connectivity index (χ1v) is 6.58. The summed E-state index contributed by atoms with van der Waals surface area (Å²) in [6, 6.07) is 0. The standard InChI is InChI=1S/C13H25NO6/c1-13(2,3)20-12(16)4-5-17-6-7-18-8-9-19-11-14-10-15/h10H,4-9,11H2,1-3H3,(H,14,15). The molecule has 0 aromatic carbocycles. The van der Waals surface area contributed by atoms with Gasteiger partial charge in [-0.05, 0) is 20.8 Å². The molecule has 0 aromatic heterocycles. The number of ether oxygens (including phenoxy) is 4. The summed E-state index contributed by atoms with van der Waals surface area (Å²) in [5, 5.41) is 2.37. The molecule has 0 saturated heterocycles. The Balaban J connectivity index is 3.20. The second kappa shape index (κ2) is 11.6. The van der Waals surface area contributed by atoms with Crippen molar-refractivity contribution in [1.82, 2.24) is 5.32 Å². The van der Waals surface area contributed by atoms with Gasteiger partial charge in [0.1, 0.15) is 12.3 Å². The van der Waals surface area contributed by atoms with Gasteiger partial charge in [-0.15, -0.1) is 0 Å². The van der Waals surface area contributed by atoms with E-state index in [1.165, 1.54) is 0 Å². The third-order valence-corrected chi connectivity index (χ3v) is 1.88. The topological polar surface area (TPSA) is 83.1 Å². The van der Waals surface area contributed by atoms with Gasteiger partial charge in [-0.2, -0.15) is 0 Å². The summed E-state index contributed by atoms with van der Waals surface area (Å²) >= 11 is 0. The highest BCUT2D eigenvalue weighted by Gasteiger charge is 2.15. The highest BCUT2D eigenvalue weighted by molar-refractivity contribution is 5.69. The van der Waals surface area contributed by atoms with E-state index in [1.807, 2.05) is 20.8 Å². The van der Waals surface area contributed by atoms with Crippen molar-refractivity contribution in [3.63, 3.8) is 0 Å². The number of esters is 1. The molecule has 0 aliphatic rings. The molecule has 0 atom stereocenters. The summed E-state index contributed by atoms with van der Waals surface area (Å²) in [4.78, 5) is 21.2. The first kappa shape index (κ1) is 18.8. The molecule has 7 nitrogen and oxygen atoms in total. The third-order valence-electron chi connectivity index (χ3n) is 1.88. The maximum Gasteiger partial charge on any atom is 0.308 e. The van der Waals surface area contributed by atoms with Crippen molar-refractivity contribution in [2.75, 3.05) is 39.8 Å². The van der Waals surface area contributed by atoms with Crippen LogP contribution in [0.5, 0.6) is 0 Å². The number of carbonyl (C=O) groups excluding carboxylic acids is 2. The fourth-order valence-corrected chi connectivity index (χ4v) is 1.15. The molecule has 0 heterocycles. The lowest BCUT2D eigenvalue weighted by molar-refractivity contribution is -0.156. The molecule has 0 bridgehead atoms. The zero-order valence-corrected chi connectivity index (χ0v) is 12.5. The molecule has 0 rings (SSSR count). The van der Waals surface area contributed by atoms with Crippen LogP contribution in [-0.2, 0) is 28.5 Å². The van der Waals surface area contributed by atoms with E-state index < -0.39 is 5.60 Å². The van der Waals surface area contributed by atoms with Crippen LogP contribution in [-0.4, -0.2) is 57.7 Å². The van der Waals surface area contributed by atoms with Crippen molar-refractivity contribution in [3.8, 4) is 0 Å². The molecular formula is C13H25NO6. The minimum atomic E-state index is -0.459. The van der Waals surface area contributed by atoms with Crippen LogP contribution in [0.3, 0.4) is 0 Å². The smallest absolute Gasteiger partial charge is 0.308 e. The van der Waals surface area contributed by atoms with Crippen LogP contribution in [0.25, 0.3) is 0 Å². The Morgan fingerprint density at radius 2 is 1.55 bits per heavy atom. The van der Waals surface area contributed by atoms with Gasteiger partial charge in [0.15, 0.2) is 0 Å². The first-order valence-electron chi connectivity index (χ1n) is 6.58. The summed E-state index contributed by atoms with van der Waals surface area (Å²) in [7, 11) is 0. The van der Waals surface area contributed by atoms with Gasteiger partial charge in [0, 0.05) is 0 Å². The predicted molar refractivity (Wildman–Crippen MR) is 72.1 cm³/mol. The Kier molecular flexibility index (Phi) is 10.9. The van der Waals surface area contributed by atoms with Crippen LogP contribution in [0.4, 0.5) is 0 Å². The van der Waals surface area contributed by atoms with Crippen molar-refractivity contribution in [2.45, 2.75) is 32.8 Å². The number of nitrogens with one attached hydrogen (secondary N) is 1. The Hall–Kier alpha value is -1.18. The SMILES string of the molecule is CC(C)(C)OC(=O)CCOCCOCCOCNC=O. The molecule has 1 N–H and O–H groups in total. The molecule has 0 aliphatic carbocycles. The maximum atomic E-state index is 11.3. The first-order chi connectivity index (χ1) is 9.45. The number of carbonyl (C=O) groups is 2. The van der Waals surface area contributed by atoms with Gasteiger partial charge in [0.25, 0.3) is 0 Å². The van der Waals surface area contributed by atoms with Gasteiger partial charge in [-0.3, -0.25) is 9.59 Å². The molecule has 0 saturated carbocycles. The second-order valence-electron chi connectivity index (χ2n) is 4.94. The van der Waals surface area contributed by atoms with E-state index in [0.29, 0.717) is 39.4 Å².